The first kappa shape index (κ1) is 11.5. The highest BCUT2D eigenvalue weighted by molar-refractivity contribution is 5.69. The van der Waals surface area contributed by atoms with E-state index >= 15 is 0 Å². The van der Waals surface area contributed by atoms with E-state index in [4.69, 9.17) is 4.74 Å². The van der Waals surface area contributed by atoms with Gasteiger partial charge in [-0.2, -0.15) is 0 Å². The minimum Gasteiger partial charge on any atom is -0.469 e. The molecule has 1 aliphatic carbocycles. The van der Waals surface area contributed by atoms with E-state index in [1.807, 2.05) is 0 Å². The van der Waals surface area contributed by atoms with Gasteiger partial charge in [0.2, 0.25) is 0 Å². The molecule has 0 atom stereocenters. The smallest absolute Gasteiger partial charge is 0.305 e. The van der Waals surface area contributed by atoms with Gasteiger partial charge >= 0.3 is 5.97 Å². The van der Waals surface area contributed by atoms with Crippen LogP contribution in [0.4, 0.5) is 0 Å². The van der Waals surface area contributed by atoms with Crippen LogP contribution < -0.4 is 0 Å². The molecule has 1 rings (SSSR count). The highest BCUT2D eigenvalue weighted by Crippen LogP contribution is 2.34. The summed E-state index contributed by atoms with van der Waals surface area (Å²) in [7, 11) is 3.19. The first-order valence-electron chi connectivity index (χ1n) is 5.34. The molecule has 3 nitrogen and oxygen atoms in total. The first-order chi connectivity index (χ1) is 6.72. The normalized spacial score (nSPS) is 20.4. The number of rotatable bonds is 4. The van der Waals surface area contributed by atoms with Crippen LogP contribution in [0.25, 0.3) is 0 Å². The van der Waals surface area contributed by atoms with Crippen LogP contribution in [-0.4, -0.2) is 25.8 Å². The molecule has 0 spiro atoms. The summed E-state index contributed by atoms with van der Waals surface area (Å²) in [6, 6.07) is 0. The van der Waals surface area contributed by atoms with Gasteiger partial charge < -0.3 is 9.47 Å². The van der Waals surface area contributed by atoms with Crippen molar-refractivity contribution in [1.29, 1.82) is 0 Å². The minimum absolute atomic E-state index is 0.0492. The standard InChI is InChI=1S/C11H20O3/c1-13-10(12)6-9-11(14-2)7-4-3-5-8-11/h3-9H2,1-2H3. The average molecular weight is 200 g/mol. The van der Waals surface area contributed by atoms with E-state index in [0.717, 1.165) is 19.3 Å². The molecule has 0 aromatic carbocycles. The van der Waals surface area contributed by atoms with E-state index in [2.05, 4.69) is 4.74 Å². The van der Waals surface area contributed by atoms with Gasteiger partial charge in [-0.3, -0.25) is 4.79 Å². The number of hydrogen-bond donors (Lipinski definition) is 0. The summed E-state index contributed by atoms with van der Waals surface area (Å²) in [5.41, 5.74) is -0.0492. The van der Waals surface area contributed by atoms with E-state index < -0.39 is 0 Å². The minimum atomic E-state index is -0.132. The first-order valence-corrected chi connectivity index (χ1v) is 5.34. The lowest BCUT2D eigenvalue weighted by Crippen LogP contribution is -2.34. The van der Waals surface area contributed by atoms with Crippen molar-refractivity contribution in [2.45, 2.75) is 50.5 Å². The molecule has 1 fully saturated rings. The maximum absolute atomic E-state index is 11.0. The predicted octanol–water partition coefficient (Wildman–Crippen LogP) is 2.29. The number of methoxy groups -OCH3 is 2. The van der Waals surface area contributed by atoms with Gasteiger partial charge in [0.25, 0.3) is 0 Å². The van der Waals surface area contributed by atoms with Crippen LogP contribution in [0.15, 0.2) is 0 Å². The van der Waals surface area contributed by atoms with Crippen LogP contribution in [0.3, 0.4) is 0 Å². The molecule has 0 N–H and O–H groups in total. The molecule has 0 bridgehead atoms. The second kappa shape index (κ2) is 5.35. The zero-order valence-corrected chi connectivity index (χ0v) is 9.17. The van der Waals surface area contributed by atoms with Gasteiger partial charge in [0.1, 0.15) is 0 Å². The SMILES string of the molecule is COC(=O)CCC1(OC)CCCCC1. The zero-order chi connectivity index (χ0) is 10.4. The van der Waals surface area contributed by atoms with Gasteiger partial charge in [0.15, 0.2) is 0 Å². The maximum atomic E-state index is 11.0. The van der Waals surface area contributed by atoms with Gasteiger partial charge in [0, 0.05) is 13.5 Å². The van der Waals surface area contributed by atoms with Crippen molar-refractivity contribution < 1.29 is 14.3 Å². The molecule has 14 heavy (non-hydrogen) atoms. The fourth-order valence-corrected chi connectivity index (χ4v) is 2.18. The largest absolute Gasteiger partial charge is 0.469 e. The van der Waals surface area contributed by atoms with Crippen molar-refractivity contribution in [2.24, 2.45) is 0 Å². The summed E-state index contributed by atoms with van der Waals surface area (Å²) in [6.45, 7) is 0. The molecule has 0 radical (unpaired) electrons. The fraction of sp³-hybridized carbons (Fsp3) is 0.909. The molecule has 1 saturated carbocycles. The van der Waals surface area contributed by atoms with E-state index in [1.54, 1.807) is 7.11 Å². The summed E-state index contributed by atoms with van der Waals surface area (Å²) < 4.78 is 10.2. The number of carbonyl (C=O) groups is 1. The molecule has 82 valence electrons. The highest BCUT2D eigenvalue weighted by Gasteiger charge is 2.32. The molecular weight excluding hydrogens is 180 g/mol. The van der Waals surface area contributed by atoms with Crippen molar-refractivity contribution in [3.05, 3.63) is 0 Å². The Kier molecular flexibility index (Phi) is 4.39. The lowest BCUT2D eigenvalue weighted by molar-refractivity contribution is -0.143. The quantitative estimate of drug-likeness (QED) is 0.653. The number of esters is 1. The predicted molar refractivity (Wildman–Crippen MR) is 54.1 cm³/mol. The molecule has 0 heterocycles. The molecule has 0 saturated heterocycles. The van der Waals surface area contributed by atoms with Gasteiger partial charge in [0.05, 0.1) is 12.7 Å². The maximum Gasteiger partial charge on any atom is 0.305 e. The molecule has 1 aliphatic rings. The Hall–Kier alpha value is -0.570. The summed E-state index contributed by atoms with van der Waals surface area (Å²) in [4.78, 5) is 11.0. The Balaban J connectivity index is 2.39. The third kappa shape index (κ3) is 2.98. The van der Waals surface area contributed by atoms with Crippen LogP contribution in [0.5, 0.6) is 0 Å². The molecule has 0 amide bonds. The van der Waals surface area contributed by atoms with Gasteiger partial charge in [-0.1, -0.05) is 19.3 Å². The summed E-state index contributed by atoms with van der Waals surface area (Å²) in [5, 5.41) is 0. The number of hydrogen-bond acceptors (Lipinski definition) is 3. The zero-order valence-electron chi connectivity index (χ0n) is 9.17. The summed E-state index contributed by atoms with van der Waals surface area (Å²) >= 11 is 0. The lowest BCUT2D eigenvalue weighted by Gasteiger charge is -2.35. The lowest BCUT2D eigenvalue weighted by atomic mass is 9.81. The third-order valence-electron chi connectivity index (χ3n) is 3.21. The molecular formula is C11H20O3. The Morgan fingerprint density at radius 1 is 1.21 bits per heavy atom. The van der Waals surface area contributed by atoms with Gasteiger partial charge in [-0.15, -0.1) is 0 Å². The Morgan fingerprint density at radius 2 is 1.86 bits per heavy atom. The Labute approximate surface area is 85.8 Å². The van der Waals surface area contributed by atoms with Gasteiger partial charge in [-0.05, 0) is 19.3 Å². The Bertz CT molecular complexity index is 183. The average Bonchev–Trinajstić information content (AvgIpc) is 2.27. The van der Waals surface area contributed by atoms with Gasteiger partial charge in [-0.25, -0.2) is 0 Å². The van der Waals surface area contributed by atoms with Crippen molar-refractivity contribution >= 4 is 5.97 Å². The molecule has 0 unspecified atom stereocenters. The fourth-order valence-electron chi connectivity index (χ4n) is 2.18. The number of carbonyl (C=O) groups excluding carboxylic acids is 1. The van der Waals surface area contributed by atoms with Crippen molar-refractivity contribution in [2.75, 3.05) is 14.2 Å². The second-order valence-electron chi connectivity index (χ2n) is 4.02. The van der Waals surface area contributed by atoms with Crippen molar-refractivity contribution in [3.63, 3.8) is 0 Å². The second-order valence-corrected chi connectivity index (χ2v) is 4.02. The summed E-state index contributed by atoms with van der Waals surface area (Å²) in [6.07, 6.45) is 7.18. The van der Waals surface area contributed by atoms with E-state index in [-0.39, 0.29) is 11.6 Å². The van der Waals surface area contributed by atoms with Crippen LogP contribution in [-0.2, 0) is 14.3 Å². The van der Waals surface area contributed by atoms with Crippen LogP contribution in [0.2, 0.25) is 0 Å². The van der Waals surface area contributed by atoms with Crippen molar-refractivity contribution in [1.82, 2.24) is 0 Å². The van der Waals surface area contributed by atoms with Crippen LogP contribution in [0, 0.1) is 0 Å². The van der Waals surface area contributed by atoms with Crippen molar-refractivity contribution in [3.8, 4) is 0 Å². The summed E-state index contributed by atoms with van der Waals surface area (Å²) in [5.74, 6) is -0.132. The van der Waals surface area contributed by atoms with E-state index in [1.165, 1.54) is 26.4 Å². The van der Waals surface area contributed by atoms with E-state index in [0.29, 0.717) is 6.42 Å². The van der Waals surface area contributed by atoms with E-state index in [9.17, 15) is 4.79 Å². The monoisotopic (exact) mass is 200 g/mol. The van der Waals surface area contributed by atoms with Crippen LogP contribution in [0.1, 0.15) is 44.9 Å². The topological polar surface area (TPSA) is 35.5 Å². The molecule has 0 aromatic rings. The highest BCUT2D eigenvalue weighted by atomic mass is 16.5. The molecule has 0 aliphatic heterocycles. The molecule has 0 aromatic heterocycles. The number of ether oxygens (including phenoxy) is 2. The third-order valence-corrected chi connectivity index (χ3v) is 3.21. The Morgan fingerprint density at radius 3 is 2.36 bits per heavy atom. The molecule has 3 heteroatoms. The van der Waals surface area contributed by atoms with Crippen LogP contribution >= 0.6 is 0 Å².